The van der Waals surface area contributed by atoms with Crippen molar-refractivity contribution >= 4 is 0 Å². The molecule has 0 amide bonds. The van der Waals surface area contributed by atoms with Crippen LogP contribution in [0.15, 0.2) is 48.5 Å². The minimum absolute atomic E-state index is 0.617. The van der Waals surface area contributed by atoms with Crippen LogP contribution in [0.2, 0.25) is 0 Å². The van der Waals surface area contributed by atoms with Crippen molar-refractivity contribution in [2.75, 3.05) is 14.2 Å². The first kappa shape index (κ1) is 15.4. The fourth-order valence-electron chi connectivity index (χ4n) is 2.20. The van der Waals surface area contributed by atoms with Crippen molar-refractivity contribution in [1.29, 1.82) is 0 Å². The number of ether oxygens (including phenoxy) is 2. The molecule has 2 N–H and O–H groups in total. The Kier molecular flexibility index (Phi) is 4.50. The molecule has 0 aliphatic rings. The molecule has 4 nitrogen and oxygen atoms in total. The van der Waals surface area contributed by atoms with Crippen LogP contribution in [0, 0.1) is 0 Å². The van der Waals surface area contributed by atoms with Crippen LogP contribution >= 0.6 is 0 Å². The molecule has 21 heavy (non-hydrogen) atoms. The zero-order chi connectivity index (χ0) is 15.5. The van der Waals surface area contributed by atoms with Crippen LogP contribution in [-0.4, -0.2) is 24.4 Å². The Morgan fingerprint density at radius 3 is 1.71 bits per heavy atom. The van der Waals surface area contributed by atoms with Gasteiger partial charge in [-0.05, 0) is 42.3 Å². The SMILES string of the molecule is COc1ccc(C(O)C(C)(O)c2ccc(OC)cc2)cc1. The van der Waals surface area contributed by atoms with Crippen LogP contribution in [-0.2, 0) is 5.60 Å². The number of hydrogen-bond donors (Lipinski definition) is 2. The Bertz CT molecular complexity index is 573. The number of aliphatic hydroxyl groups is 2. The zero-order valence-electron chi connectivity index (χ0n) is 12.4. The van der Waals surface area contributed by atoms with E-state index < -0.39 is 11.7 Å². The third kappa shape index (κ3) is 3.17. The quantitative estimate of drug-likeness (QED) is 0.888. The lowest BCUT2D eigenvalue weighted by Crippen LogP contribution is -2.30. The molecule has 2 aromatic carbocycles. The second kappa shape index (κ2) is 6.16. The van der Waals surface area contributed by atoms with Gasteiger partial charge < -0.3 is 19.7 Å². The van der Waals surface area contributed by atoms with Gasteiger partial charge in [0.1, 0.15) is 23.2 Å². The molecule has 0 heterocycles. The van der Waals surface area contributed by atoms with Gasteiger partial charge in [-0.25, -0.2) is 0 Å². The summed E-state index contributed by atoms with van der Waals surface area (Å²) in [5.74, 6) is 1.41. The van der Waals surface area contributed by atoms with Crippen molar-refractivity contribution in [3.8, 4) is 11.5 Å². The molecule has 0 aliphatic carbocycles. The van der Waals surface area contributed by atoms with Crippen molar-refractivity contribution < 1.29 is 19.7 Å². The van der Waals surface area contributed by atoms with Gasteiger partial charge in [-0.1, -0.05) is 24.3 Å². The van der Waals surface area contributed by atoms with E-state index in [1.807, 2.05) is 0 Å². The Labute approximate surface area is 124 Å². The van der Waals surface area contributed by atoms with Crippen LogP contribution < -0.4 is 9.47 Å². The maximum atomic E-state index is 10.7. The molecule has 4 heteroatoms. The summed E-state index contributed by atoms with van der Waals surface area (Å²) < 4.78 is 10.2. The summed E-state index contributed by atoms with van der Waals surface area (Å²) in [6, 6.07) is 14.0. The first-order chi connectivity index (χ1) is 9.98. The average Bonchev–Trinajstić information content (AvgIpc) is 2.54. The normalized spacial score (nSPS) is 15.1. The molecule has 0 radical (unpaired) electrons. The van der Waals surface area contributed by atoms with Crippen LogP contribution in [0.3, 0.4) is 0 Å². The predicted octanol–water partition coefficient (Wildman–Crippen LogP) is 2.64. The van der Waals surface area contributed by atoms with E-state index in [4.69, 9.17) is 9.47 Å². The van der Waals surface area contributed by atoms with Crippen molar-refractivity contribution in [2.45, 2.75) is 18.6 Å². The van der Waals surface area contributed by atoms with Gasteiger partial charge >= 0.3 is 0 Å². The van der Waals surface area contributed by atoms with Crippen LogP contribution in [0.1, 0.15) is 24.2 Å². The largest absolute Gasteiger partial charge is 0.497 e. The number of methoxy groups -OCH3 is 2. The van der Waals surface area contributed by atoms with E-state index in [0.29, 0.717) is 22.6 Å². The molecule has 0 saturated heterocycles. The summed E-state index contributed by atoms with van der Waals surface area (Å²) >= 11 is 0. The Balaban J connectivity index is 2.27. The molecule has 2 unspecified atom stereocenters. The second-order valence-electron chi connectivity index (χ2n) is 5.05. The molecule has 2 atom stereocenters. The van der Waals surface area contributed by atoms with E-state index in [2.05, 4.69) is 0 Å². The standard InChI is InChI=1S/C17H20O4/c1-17(19,13-6-10-15(21-3)11-7-13)16(18)12-4-8-14(20-2)9-5-12/h4-11,16,18-19H,1-3H3. The van der Waals surface area contributed by atoms with Gasteiger partial charge in [-0.2, -0.15) is 0 Å². The highest BCUT2D eigenvalue weighted by atomic mass is 16.5. The highest BCUT2D eigenvalue weighted by Gasteiger charge is 2.33. The van der Waals surface area contributed by atoms with Gasteiger partial charge in [-0.15, -0.1) is 0 Å². The minimum atomic E-state index is -1.40. The van der Waals surface area contributed by atoms with Gasteiger partial charge in [0.2, 0.25) is 0 Å². The van der Waals surface area contributed by atoms with E-state index in [-0.39, 0.29) is 0 Å². The van der Waals surface area contributed by atoms with Gasteiger partial charge in [0.25, 0.3) is 0 Å². The predicted molar refractivity (Wildman–Crippen MR) is 80.5 cm³/mol. The monoisotopic (exact) mass is 288 g/mol. The van der Waals surface area contributed by atoms with E-state index in [9.17, 15) is 10.2 Å². The summed E-state index contributed by atoms with van der Waals surface area (Å²) in [6.45, 7) is 1.59. The fraction of sp³-hybridized carbons (Fsp3) is 0.294. The lowest BCUT2D eigenvalue weighted by Gasteiger charge is -2.30. The zero-order valence-corrected chi connectivity index (χ0v) is 12.4. The van der Waals surface area contributed by atoms with Crippen LogP contribution in [0.25, 0.3) is 0 Å². The summed E-state index contributed by atoms with van der Waals surface area (Å²) in [5.41, 5.74) is -0.163. The maximum absolute atomic E-state index is 10.7. The Morgan fingerprint density at radius 2 is 1.29 bits per heavy atom. The summed E-state index contributed by atoms with van der Waals surface area (Å²) in [5, 5.41) is 21.1. The highest BCUT2D eigenvalue weighted by Crippen LogP contribution is 2.35. The van der Waals surface area contributed by atoms with Gasteiger partial charge in [0.15, 0.2) is 0 Å². The molecular formula is C17H20O4. The maximum Gasteiger partial charge on any atom is 0.118 e. The van der Waals surface area contributed by atoms with E-state index in [0.717, 1.165) is 0 Å². The second-order valence-corrected chi connectivity index (χ2v) is 5.05. The van der Waals surface area contributed by atoms with Crippen LogP contribution in [0.5, 0.6) is 11.5 Å². The molecule has 0 aromatic heterocycles. The third-order valence-electron chi connectivity index (χ3n) is 3.64. The molecule has 0 saturated carbocycles. The Hall–Kier alpha value is -2.04. The van der Waals surface area contributed by atoms with Crippen LogP contribution in [0.4, 0.5) is 0 Å². The first-order valence-corrected chi connectivity index (χ1v) is 6.68. The topological polar surface area (TPSA) is 58.9 Å². The number of aliphatic hydroxyl groups excluding tert-OH is 1. The molecular weight excluding hydrogens is 268 g/mol. The van der Waals surface area contributed by atoms with Crippen molar-refractivity contribution in [2.24, 2.45) is 0 Å². The molecule has 0 aliphatic heterocycles. The van der Waals surface area contributed by atoms with E-state index in [1.54, 1.807) is 69.7 Å². The van der Waals surface area contributed by atoms with Crippen molar-refractivity contribution in [3.05, 3.63) is 59.7 Å². The van der Waals surface area contributed by atoms with Gasteiger partial charge in [0, 0.05) is 0 Å². The third-order valence-corrected chi connectivity index (χ3v) is 3.64. The number of hydrogen-bond acceptors (Lipinski definition) is 4. The molecule has 0 spiro atoms. The fourth-order valence-corrected chi connectivity index (χ4v) is 2.20. The summed E-state index contributed by atoms with van der Waals surface area (Å²) in [4.78, 5) is 0. The minimum Gasteiger partial charge on any atom is -0.497 e. The summed E-state index contributed by atoms with van der Waals surface area (Å²) in [7, 11) is 3.16. The number of rotatable bonds is 5. The number of benzene rings is 2. The summed E-state index contributed by atoms with van der Waals surface area (Å²) in [6.07, 6.45) is -1.04. The molecule has 0 bridgehead atoms. The highest BCUT2D eigenvalue weighted by molar-refractivity contribution is 5.35. The lowest BCUT2D eigenvalue weighted by atomic mass is 9.86. The van der Waals surface area contributed by atoms with E-state index >= 15 is 0 Å². The Morgan fingerprint density at radius 1 is 0.857 bits per heavy atom. The lowest BCUT2D eigenvalue weighted by molar-refractivity contribution is -0.0690. The van der Waals surface area contributed by atoms with Crippen molar-refractivity contribution in [1.82, 2.24) is 0 Å². The van der Waals surface area contributed by atoms with Gasteiger partial charge in [0.05, 0.1) is 14.2 Å². The average molecular weight is 288 g/mol. The van der Waals surface area contributed by atoms with Crippen molar-refractivity contribution in [3.63, 3.8) is 0 Å². The molecule has 2 aromatic rings. The first-order valence-electron chi connectivity index (χ1n) is 6.68. The van der Waals surface area contributed by atoms with Gasteiger partial charge in [-0.3, -0.25) is 0 Å². The smallest absolute Gasteiger partial charge is 0.118 e. The molecule has 112 valence electrons. The molecule has 2 rings (SSSR count). The van der Waals surface area contributed by atoms with E-state index in [1.165, 1.54) is 0 Å². The molecule has 0 fully saturated rings.